The molecule has 2 N–H and O–H groups in total. The van der Waals surface area contributed by atoms with Crippen molar-refractivity contribution in [2.75, 3.05) is 20.6 Å². The predicted octanol–water partition coefficient (Wildman–Crippen LogP) is -3.56. The van der Waals surface area contributed by atoms with Crippen molar-refractivity contribution in [3.8, 4) is 0 Å². The lowest BCUT2D eigenvalue weighted by Gasteiger charge is -2.04. The first-order chi connectivity index (χ1) is 3.27. The zero-order chi connectivity index (χ0) is 5.70. The number of rotatable bonds is 3. The van der Waals surface area contributed by atoms with E-state index in [0.29, 0.717) is 0 Å². The highest BCUT2D eigenvalue weighted by molar-refractivity contribution is 4.12. The number of halogens is 1. The van der Waals surface area contributed by atoms with E-state index >= 15 is 0 Å². The van der Waals surface area contributed by atoms with E-state index in [1.54, 1.807) is 0 Å². The molecule has 0 fully saturated rings. The number of nitrogens with two attached hydrogens (primary N) is 1. The second-order valence-electron chi connectivity index (χ2n) is 1.93. The van der Waals surface area contributed by atoms with Gasteiger partial charge in [0.15, 0.2) is 0 Å². The molecular weight excluding hydrogens is 124 g/mol. The Balaban J connectivity index is 0. The van der Waals surface area contributed by atoms with Crippen molar-refractivity contribution in [2.24, 2.45) is 0 Å². The van der Waals surface area contributed by atoms with E-state index in [1.807, 2.05) is 0 Å². The van der Waals surface area contributed by atoms with Gasteiger partial charge < -0.3 is 12.4 Å². The van der Waals surface area contributed by atoms with Crippen molar-refractivity contribution in [1.29, 1.82) is 0 Å². The van der Waals surface area contributed by atoms with E-state index in [-0.39, 0.29) is 12.4 Å². The number of hydrogen-bond acceptors (Lipinski definition) is 1. The summed E-state index contributed by atoms with van der Waals surface area (Å²) in [6, 6.07) is 0. The minimum absolute atomic E-state index is 0. The summed E-state index contributed by atoms with van der Waals surface area (Å²) < 4.78 is 0. The van der Waals surface area contributed by atoms with Gasteiger partial charge in [-0.1, -0.05) is 6.92 Å². The molecule has 0 unspecified atom stereocenters. The fraction of sp³-hybridized carbons (Fsp3) is 1.00. The van der Waals surface area contributed by atoms with Gasteiger partial charge in [0.25, 0.3) is 0 Å². The largest absolute Gasteiger partial charge is 1.00 e. The molecule has 0 saturated carbocycles. The van der Waals surface area contributed by atoms with E-state index in [2.05, 4.69) is 31.5 Å². The van der Waals surface area contributed by atoms with Gasteiger partial charge in [0.2, 0.25) is 0 Å². The lowest BCUT2D eigenvalue weighted by Crippen LogP contribution is -3.00. The van der Waals surface area contributed by atoms with E-state index in [4.69, 9.17) is 0 Å². The number of nitrogens with zero attached hydrogens (tertiary/aromatic N) is 1. The Morgan fingerprint density at radius 2 is 1.88 bits per heavy atom. The average molecular weight is 139 g/mol. The van der Waals surface area contributed by atoms with Gasteiger partial charge in [-0.05, 0) is 6.42 Å². The van der Waals surface area contributed by atoms with Crippen molar-refractivity contribution in [3.63, 3.8) is 0 Å². The van der Waals surface area contributed by atoms with Crippen molar-refractivity contribution < 1.29 is 17.8 Å². The van der Waals surface area contributed by atoms with Crippen molar-refractivity contribution in [3.05, 3.63) is 0 Å². The molecule has 0 aromatic carbocycles. The first-order valence-corrected chi connectivity index (χ1v) is 2.77. The summed E-state index contributed by atoms with van der Waals surface area (Å²) in [5.41, 5.74) is 2.18. The van der Waals surface area contributed by atoms with Crippen LogP contribution < -0.4 is 17.8 Å². The van der Waals surface area contributed by atoms with Gasteiger partial charge >= 0.3 is 0 Å². The van der Waals surface area contributed by atoms with E-state index < -0.39 is 0 Å². The predicted molar refractivity (Wildman–Crippen MR) is 30.8 cm³/mol. The Morgan fingerprint density at radius 3 is 2.00 bits per heavy atom. The first-order valence-electron chi connectivity index (χ1n) is 2.77. The summed E-state index contributed by atoms with van der Waals surface area (Å²) in [6.07, 6.45) is 1.25. The SMILES string of the molecule is CCC[NH2+]N(C)C.[Cl-]. The minimum atomic E-state index is 0. The second kappa shape index (κ2) is 7.21. The molecule has 0 aliphatic heterocycles. The normalized spacial score (nSPS) is 9.00. The van der Waals surface area contributed by atoms with Gasteiger partial charge in [-0.25, -0.2) is 0 Å². The summed E-state index contributed by atoms with van der Waals surface area (Å²) >= 11 is 0. The quantitative estimate of drug-likeness (QED) is 0.316. The van der Waals surface area contributed by atoms with Crippen LogP contribution in [0.1, 0.15) is 13.3 Å². The molecule has 0 aromatic heterocycles. The number of quaternary nitrogens is 1. The highest BCUT2D eigenvalue weighted by Gasteiger charge is 1.85. The zero-order valence-electron chi connectivity index (χ0n) is 5.82. The maximum Gasteiger partial charge on any atom is 0.0928 e. The van der Waals surface area contributed by atoms with Crippen molar-refractivity contribution in [1.82, 2.24) is 5.01 Å². The summed E-state index contributed by atoms with van der Waals surface area (Å²) in [6.45, 7) is 3.38. The molecule has 0 atom stereocenters. The summed E-state index contributed by atoms with van der Waals surface area (Å²) in [7, 11) is 4.10. The van der Waals surface area contributed by atoms with Crippen LogP contribution in [-0.4, -0.2) is 25.6 Å². The van der Waals surface area contributed by atoms with Crippen LogP contribution in [0.4, 0.5) is 0 Å². The molecule has 0 saturated heterocycles. The summed E-state index contributed by atoms with van der Waals surface area (Å²) in [5, 5.41) is 2.09. The molecule has 3 heteroatoms. The Labute approximate surface area is 57.6 Å². The Morgan fingerprint density at radius 1 is 1.38 bits per heavy atom. The molecule has 0 aliphatic carbocycles. The van der Waals surface area contributed by atoms with Crippen LogP contribution in [0, 0.1) is 0 Å². The van der Waals surface area contributed by atoms with Gasteiger partial charge in [-0.15, -0.1) is 0 Å². The van der Waals surface area contributed by atoms with Crippen LogP contribution in [0.25, 0.3) is 0 Å². The fourth-order valence-electron chi connectivity index (χ4n) is 0.387. The van der Waals surface area contributed by atoms with Gasteiger partial charge in [0.05, 0.1) is 6.54 Å². The van der Waals surface area contributed by atoms with Gasteiger partial charge in [0, 0.05) is 14.1 Å². The topological polar surface area (TPSA) is 19.9 Å². The molecule has 0 radical (unpaired) electrons. The fourth-order valence-corrected chi connectivity index (χ4v) is 0.387. The molecule has 0 bridgehead atoms. The van der Waals surface area contributed by atoms with Crippen LogP contribution in [0.15, 0.2) is 0 Å². The second-order valence-corrected chi connectivity index (χ2v) is 1.93. The van der Waals surface area contributed by atoms with Gasteiger partial charge in [0.1, 0.15) is 0 Å². The molecule has 0 aromatic rings. The molecule has 8 heavy (non-hydrogen) atoms. The molecule has 0 rings (SSSR count). The highest BCUT2D eigenvalue weighted by Crippen LogP contribution is 1.59. The Hall–Kier alpha value is 0.210. The zero-order valence-corrected chi connectivity index (χ0v) is 6.57. The third kappa shape index (κ3) is 9.51. The highest BCUT2D eigenvalue weighted by atomic mass is 35.5. The van der Waals surface area contributed by atoms with Crippen molar-refractivity contribution >= 4 is 0 Å². The van der Waals surface area contributed by atoms with Gasteiger partial charge in [-0.3, -0.25) is 5.43 Å². The third-order valence-corrected chi connectivity index (χ3v) is 0.783. The van der Waals surface area contributed by atoms with Crippen LogP contribution in [0.3, 0.4) is 0 Å². The Bertz CT molecular complexity index is 39.4. The van der Waals surface area contributed by atoms with Crippen molar-refractivity contribution in [2.45, 2.75) is 13.3 Å². The maximum absolute atomic E-state index is 2.18. The molecule has 0 amide bonds. The van der Waals surface area contributed by atoms with Crippen LogP contribution in [-0.2, 0) is 0 Å². The molecule has 0 heterocycles. The summed E-state index contributed by atoms with van der Waals surface area (Å²) in [5.74, 6) is 0. The van der Waals surface area contributed by atoms with Crippen LogP contribution in [0.2, 0.25) is 0 Å². The first kappa shape index (κ1) is 11.1. The Kier molecular flexibility index (Phi) is 9.97. The molecule has 0 aliphatic rings. The smallest absolute Gasteiger partial charge is 0.0928 e. The average Bonchev–Trinajstić information content (AvgIpc) is 1.61. The van der Waals surface area contributed by atoms with E-state index in [9.17, 15) is 0 Å². The maximum atomic E-state index is 2.18. The third-order valence-electron chi connectivity index (χ3n) is 0.783. The lowest BCUT2D eigenvalue weighted by atomic mass is 10.5. The molecule has 0 spiro atoms. The monoisotopic (exact) mass is 138 g/mol. The number of hydrogen-bond donors (Lipinski definition) is 1. The molecular formula is C5H15ClN2. The standard InChI is InChI=1S/C5H14N2.ClH/c1-4-5-6-7(2)3;/h6H,4-5H2,1-3H3;1H. The lowest BCUT2D eigenvalue weighted by molar-refractivity contribution is -0.794. The summed E-state index contributed by atoms with van der Waals surface area (Å²) in [4.78, 5) is 0. The molecule has 52 valence electrons. The van der Waals surface area contributed by atoms with Crippen LogP contribution in [0.5, 0.6) is 0 Å². The molecule has 2 nitrogen and oxygen atoms in total. The van der Waals surface area contributed by atoms with Gasteiger partial charge in [-0.2, -0.15) is 5.01 Å². The van der Waals surface area contributed by atoms with Crippen LogP contribution >= 0.6 is 0 Å². The minimum Gasteiger partial charge on any atom is -1.00 e. The van der Waals surface area contributed by atoms with E-state index in [0.717, 1.165) is 0 Å². The van der Waals surface area contributed by atoms with E-state index in [1.165, 1.54) is 13.0 Å².